The van der Waals surface area contributed by atoms with E-state index in [2.05, 4.69) is 31.9 Å². The highest BCUT2D eigenvalue weighted by molar-refractivity contribution is 5.13. The number of nitrogens with zero attached hydrogens (tertiary/aromatic N) is 2. The molecule has 0 spiro atoms. The summed E-state index contributed by atoms with van der Waals surface area (Å²) in [6.45, 7) is 6.50. The van der Waals surface area contributed by atoms with Crippen LogP contribution in [0.1, 0.15) is 58.8 Å². The van der Waals surface area contributed by atoms with Crippen LogP contribution in [0.25, 0.3) is 0 Å². The van der Waals surface area contributed by atoms with Crippen LogP contribution in [-0.4, -0.2) is 35.7 Å². The van der Waals surface area contributed by atoms with Crippen molar-refractivity contribution in [1.29, 1.82) is 5.26 Å². The average molecular weight is 278 g/mol. The molecule has 0 radical (unpaired) electrons. The van der Waals surface area contributed by atoms with E-state index in [-0.39, 0.29) is 0 Å². The summed E-state index contributed by atoms with van der Waals surface area (Å²) in [6, 6.07) is 2.56. The fourth-order valence-electron chi connectivity index (χ4n) is 4.21. The van der Waals surface area contributed by atoms with E-state index in [4.69, 9.17) is 0 Å². The van der Waals surface area contributed by atoms with Gasteiger partial charge in [-0.1, -0.05) is 13.8 Å². The van der Waals surface area contributed by atoms with Gasteiger partial charge in [0.2, 0.25) is 0 Å². The van der Waals surface area contributed by atoms with Gasteiger partial charge in [-0.15, -0.1) is 0 Å². The molecule has 3 nitrogen and oxygen atoms in total. The van der Waals surface area contributed by atoms with Gasteiger partial charge in [0.25, 0.3) is 0 Å². The maximum Gasteiger partial charge on any atom is 0.0861 e. The molecule has 0 aromatic heterocycles. The van der Waals surface area contributed by atoms with Crippen molar-refractivity contribution in [1.82, 2.24) is 4.90 Å². The molecule has 0 aromatic carbocycles. The lowest BCUT2D eigenvalue weighted by Crippen LogP contribution is -2.50. The second-order valence-corrected chi connectivity index (χ2v) is 7.46. The number of hydrogen-bond donors (Lipinski definition) is 1. The predicted octanol–water partition coefficient (Wildman–Crippen LogP) is 3.19. The third-order valence-electron chi connectivity index (χ3n) is 5.97. The Morgan fingerprint density at radius 3 is 2.35 bits per heavy atom. The summed E-state index contributed by atoms with van der Waals surface area (Å²) in [5, 5.41) is 21.0. The van der Waals surface area contributed by atoms with E-state index >= 15 is 0 Å². The SMILES string of the molecule is CC(C)C1CCC(C#N)(C2(O)CCCN(C)CC2)CC1. The van der Waals surface area contributed by atoms with Gasteiger partial charge in [-0.05, 0) is 70.4 Å². The van der Waals surface area contributed by atoms with Gasteiger partial charge >= 0.3 is 0 Å². The minimum atomic E-state index is -0.769. The molecule has 2 rings (SSSR count). The molecule has 2 fully saturated rings. The zero-order valence-corrected chi connectivity index (χ0v) is 13.4. The van der Waals surface area contributed by atoms with Crippen molar-refractivity contribution in [2.45, 2.75) is 64.4 Å². The lowest BCUT2D eigenvalue weighted by atomic mass is 9.59. The Morgan fingerprint density at radius 1 is 1.15 bits per heavy atom. The molecule has 3 heteroatoms. The van der Waals surface area contributed by atoms with Gasteiger partial charge in [-0.25, -0.2) is 0 Å². The van der Waals surface area contributed by atoms with Crippen LogP contribution in [0.2, 0.25) is 0 Å². The van der Waals surface area contributed by atoms with Crippen LogP contribution in [0.15, 0.2) is 0 Å². The van der Waals surface area contributed by atoms with Crippen LogP contribution in [-0.2, 0) is 0 Å². The molecule has 1 unspecified atom stereocenters. The summed E-state index contributed by atoms with van der Waals surface area (Å²) in [4.78, 5) is 2.28. The zero-order valence-electron chi connectivity index (χ0n) is 13.4. The van der Waals surface area contributed by atoms with Gasteiger partial charge in [0, 0.05) is 6.54 Å². The highest BCUT2D eigenvalue weighted by atomic mass is 16.3. The maximum atomic E-state index is 11.2. The van der Waals surface area contributed by atoms with E-state index in [0.29, 0.717) is 5.92 Å². The van der Waals surface area contributed by atoms with Crippen molar-refractivity contribution in [2.75, 3.05) is 20.1 Å². The summed E-state index contributed by atoms with van der Waals surface area (Å²) in [5.41, 5.74) is -1.27. The Balaban J connectivity index is 2.13. The predicted molar refractivity (Wildman–Crippen MR) is 81.1 cm³/mol. The lowest BCUT2D eigenvalue weighted by molar-refractivity contribution is -0.0895. The van der Waals surface area contributed by atoms with Crippen molar-refractivity contribution in [3.05, 3.63) is 0 Å². The monoisotopic (exact) mass is 278 g/mol. The summed E-state index contributed by atoms with van der Waals surface area (Å²) >= 11 is 0. The van der Waals surface area contributed by atoms with Crippen molar-refractivity contribution < 1.29 is 5.11 Å². The highest BCUT2D eigenvalue weighted by Gasteiger charge is 2.52. The molecule has 20 heavy (non-hydrogen) atoms. The van der Waals surface area contributed by atoms with Crippen molar-refractivity contribution in [3.8, 4) is 6.07 Å². The van der Waals surface area contributed by atoms with Crippen molar-refractivity contribution in [3.63, 3.8) is 0 Å². The molecule has 0 bridgehead atoms. The molecule has 0 amide bonds. The van der Waals surface area contributed by atoms with Crippen LogP contribution < -0.4 is 0 Å². The molecule has 1 saturated carbocycles. The molecular formula is C17H30N2O. The van der Waals surface area contributed by atoms with Gasteiger partial charge in [-0.2, -0.15) is 5.26 Å². The van der Waals surface area contributed by atoms with Crippen molar-refractivity contribution >= 4 is 0 Å². The van der Waals surface area contributed by atoms with Gasteiger partial charge in [0.1, 0.15) is 0 Å². The van der Waals surface area contributed by atoms with Gasteiger partial charge in [0.15, 0.2) is 0 Å². The molecule has 2 aliphatic rings. The lowest BCUT2D eigenvalue weighted by Gasteiger charge is -2.47. The van der Waals surface area contributed by atoms with Crippen LogP contribution >= 0.6 is 0 Å². The quantitative estimate of drug-likeness (QED) is 0.844. The van der Waals surface area contributed by atoms with E-state index in [0.717, 1.165) is 64.0 Å². The Hall–Kier alpha value is -0.590. The number of rotatable bonds is 2. The molecule has 1 saturated heterocycles. The summed E-state index contributed by atoms with van der Waals surface area (Å²) in [7, 11) is 2.11. The van der Waals surface area contributed by atoms with Crippen LogP contribution in [0.3, 0.4) is 0 Å². The van der Waals surface area contributed by atoms with E-state index < -0.39 is 11.0 Å². The second kappa shape index (κ2) is 6.03. The number of aliphatic hydroxyl groups is 1. The first kappa shape index (κ1) is 15.8. The summed E-state index contributed by atoms with van der Waals surface area (Å²) in [5.74, 6) is 1.43. The van der Waals surface area contributed by atoms with Crippen LogP contribution in [0.5, 0.6) is 0 Å². The highest BCUT2D eigenvalue weighted by Crippen LogP contribution is 2.51. The summed E-state index contributed by atoms with van der Waals surface area (Å²) in [6.07, 6.45) is 6.51. The minimum Gasteiger partial charge on any atom is -0.388 e. The third kappa shape index (κ3) is 2.87. The Morgan fingerprint density at radius 2 is 1.80 bits per heavy atom. The fraction of sp³-hybridized carbons (Fsp3) is 0.941. The number of likely N-dealkylation sites (tertiary alicyclic amines) is 1. The topological polar surface area (TPSA) is 47.3 Å². The summed E-state index contributed by atoms with van der Waals surface area (Å²) < 4.78 is 0. The van der Waals surface area contributed by atoms with E-state index in [9.17, 15) is 10.4 Å². The minimum absolute atomic E-state index is 0.496. The van der Waals surface area contributed by atoms with Crippen molar-refractivity contribution in [2.24, 2.45) is 17.3 Å². The molecule has 1 N–H and O–H groups in total. The molecule has 1 atom stereocenters. The largest absolute Gasteiger partial charge is 0.388 e. The molecular weight excluding hydrogens is 248 g/mol. The van der Waals surface area contributed by atoms with Crippen LogP contribution in [0, 0.1) is 28.6 Å². The maximum absolute atomic E-state index is 11.2. The number of nitriles is 1. The normalized spacial score (nSPS) is 40.3. The third-order valence-corrected chi connectivity index (χ3v) is 5.97. The standard InChI is InChI=1S/C17H30N2O/c1-14(2)15-5-8-16(13-18,9-6-15)17(20)7-4-11-19(3)12-10-17/h14-15,20H,4-12H2,1-3H3. The van der Waals surface area contributed by atoms with Gasteiger partial charge in [0.05, 0.1) is 17.1 Å². The van der Waals surface area contributed by atoms with Crippen LogP contribution in [0.4, 0.5) is 0 Å². The molecule has 0 aromatic rings. The Labute approximate surface area is 124 Å². The van der Waals surface area contributed by atoms with E-state index in [1.807, 2.05) is 0 Å². The zero-order chi connectivity index (χ0) is 14.8. The van der Waals surface area contributed by atoms with E-state index in [1.54, 1.807) is 0 Å². The molecule has 1 heterocycles. The molecule has 114 valence electrons. The first-order valence-electron chi connectivity index (χ1n) is 8.25. The fourth-order valence-corrected chi connectivity index (χ4v) is 4.21. The smallest absolute Gasteiger partial charge is 0.0861 e. The Bertz CT molecular complexity index is 366. The Kier molecular flexibility index (Phi) is 4.76. The average Bonchev–Trinajstić information content (AvgIpc) is 2.61. The van der Waals surface area contributed by atoms with Gasteiger partial charge < -0.3 is 10.0 Å². The molecule has 1 aliphatic carbocycles. The first-order chi connectivity index (χ1) is 9.42. The first-order valence-corrected chi connectivity index (χ1v) is 8.25. The number of hydrogen-bond acceptors (Lipinski definition) is 3. The second-order valence-electron chi connectivity index (χ2n) is 7.46. The van der Waals surface area contributed by atoms with E-state index in [1.165, 1.54) is 0 Å². The molecule has 1 aliphatic heterocycles. The van der Waals surface area contributed by atoms with Gasteiger partial charge in [-0.3, -0.25) is 0 Å².